The quantitative estimate of drug-likeness (QED) is 0.806. The zero-order chi connectivity index (χ0) is 12.3. The Morgan fingerprint density at radius 3 is 2.82 bits per heavy atom. The summed E-state index contributed by atoms with van der Waals surface area (Å²) in [7, 11) is 0. The van der Waals surface area contributed by atoms with Crippen molar-refractivity contribution in [2.75, 3.05) is 0 Å². The van der Waals surface area contributed by atoms with Crippen LogP contribution in [0.5, 0.6) is 0 Å². The van der Waals surface area contributed by atoms with Gasteiger partial charge < -0.3 is 4.98 Å². The number of hydrogen-bond donors (Lipinski definition) is 1. The van der Waals surface area contributed by atoms with E-state index in [1.807, 2.05) is 0 Å². The Labute approximate surface area is 99.5 Å². The number of aromatic nitrogens is 1. The number of nitrogens with one attached hydrogen (secondary N) is 1. The molecule has 0 fully saturated rings. The maximum absolute atomic E-state index is 13.1. The van der Waals surface area contributed by atoms with Crippen molar-refractivity contribution in [3.8, 4) is 0 Å². The fourth-order valence-corrected chi connectivity index (χ4v) is 1.98. The Bertz CT molecular complexity index is 574. The predicted molar refractivity (Wildman–Crippen MR) is 67.8 cm³/mol. The molecule has 1 aromatic heterocycles. The minimum atomic E-state index is -0.321. The fourth-order valence-electron chi connectivity index (χ4n) is 1.98. The summed E-state index contributed by atoms with van der Waals surface area (Å²) in [6.07, 6.45) is 4.18. The number of H-pyrrole nitrogens is 1. The number of fused-ring (bicyclic) bond motifs is 1. The third-order valence-corrected chi connectivity index (χ3v) is 2.90. The molecular weight excluding hydrogens is 217 g/mol. The zero-order valence-electron chi connectivity index (χ0n) is 9.92. The van der Waals surface area contributed by atoms with Gasteiger partial charge in [-0.05, 0) is 31.0 Å². The first-order valence-electron chi connectivity index (χ1n) is 6.02. The van der Waals surface area contributed by atoms with E-state index in [1.54, 1.807) is 6.07 Å². The number of rotatable bonds is 4. The van der Waals surface area contributed by atoms with E-state index >= 15 is 0 Å². The Kier molecular flexibility index (Phi) is 3.57. The molecule has 1 N–H and O–H groups in total. The molecule has 2 rings (SSSR count). The Balaban J connectivity index is 2.36. The average molecular weight is 233 g/mol. The van der Waals surface area contributed by atoms with Crippen LogP contribution in [0.3, 0.4) is 0 Å². The minimum Gasteiger partial charge on any atom is -0.358 e. The molecule has 0 saturated heterocycles. The Morgan fingerprint density at radius 2 is 2.06 bits per heavy atom. The lowest BCUT2D eigenvalue weighted by atomic mass is 10.1. The summed E-state index contributed by atoms with van der Waals surface area (Å²) in [5, 5.41) is 0.547. The zero-order valence-corrected chi connectivity index (χ0v) is 9.92. The molecule has 3 heteroatoms. The van der Waals surface area contributed by atoms with Gasteiger partial charge in [-0.1, -0.05) is 19.8 Å². The smallest absolute Gasteiger partial charge is 0.189 e. The normalized spacial score (nSPS) is 10.9. The van der Waals surface area contributed by atoms with Gasteiger partial charge in [0.2, 0.25) is 0 Å². The molecule has 1 aromatic carbocycles. The van der Waals surface area contributed by atoms with Crippen LogP contribution in [0, 0.1) is 5.82 Å². The minimum absolute atomic E-state index is 0.0368. The molecule has 0 saturated carbocycles. The van der Waals surface area contributed by atoms with Crippen LogP contribution < -0.4 is 5.43 Å². The SMILES string of the molecule is CCCCCc1cc(=O)c2ccc(F)cc2[nH]1. The Morgan fingerprint density at radius 1 is 1.24 bits per heavy atom. The number of benzene rings is 1. The van der Waals surface area contributed by atoms with Crippen LogP contribution in [0.25, 0.3) is 10.9 Å². The van der Waals surface area contributed by atoms with Crippen LogP contribution in [0.4, 0.5) is 4.39 Å². The number of aryl methyl sites for hydroxylation is 1. The molecule has 1 heterocycles. The number of halogens is 1. The highest BCUT2D eigenvalue weighted by Crippen LogP contribution is 2.11. The molecule has 0 aliphatic heterocycles. The molecule has 17 heavy (non-hydrogen) atoms. The predicted octanol–water partition coefficient (Wildman–Crippen LogP) is 3.40. The molecule has 2 nitrogen and oxygen atoms in total. The number of hydrogen-bond acceptors (Lipinski definition) is 1. The van der Waals surface area contributed by atoms with Crippen molar-refractivity contribution in [2.24, 2.45) is 0 Å². The van der Waals surface area contributed by atoms with Gasteiger partial charge in [0, 0.05) is 17.1 Å². The van der Waals surface area contributed by atoms with Crippen molar-refractivity contribution < 1.29 is 4.39 Å². The highest BCUT2D eigenvalue weighted by molar-refractivity contribution is 5.78. The number of unbranched alkanes of at least 4 members (excludes halogenated alkanes) is 2. The summed E-state index contributed by atoms with van der Waals surface area (Å²) in [4.78, 5) is 14.9. The third-order valence-electron chi connectivity index (χ3n) is 2.90. The van der Waals surface area contributed by atoms with E-state index in [0.717, 1.165) is 31.4 Å². The van der Waals surface area contributed by atoms with Gasteiger partial charge >= 0.3 is 0 Å². The van der Waals surface area contributed by atoms with Crippen LogP contribution >= 0.6 is 0 Å². The van der Waals surface area contributed by atoms with E-state index in [4.69, 9.17) is 0 Å². The summed E-state index contributed by atoms with van der Waals surface area (Å²) < 4.78 is 13.1. The molecule has 0 bridgehead atoms. The highest BCUT2D eigenvalue weighted by atomic mass is 19.1. The highest BCUT2D eigenvalue weighted by Gasteiger charge is 2.03. The summed E-state index contributed by atoms with van der Waals surface area (Å²) in [5.74, 6) is -0.321. The van der Waals surface area contributed by atoms with Gasteiger partial charge in [-0.25, -0.2) is 4.39 Å². The Hall–Kier alpha value is -1.64. The molecule has 0 unspecified atom stereocenters. The van der Waals surface area contributed by atoms with Crippen LogP contribution in [0.2, 0.25) is 0 Å². The lowest BCUT2D eigenvalue weighted by Crippen LogP contribution is -2.05. The van der Waals surface area contributed by atoms with E-state index in [0.29, 0.717) is 10.9 Å². The molecule has 0 atom stereocenters. The second-order valence-corrected chi connectivity index (χ2v) is 4.31. The van der Waals surface area contributed by atoms with Crippen molar-refractivity contribution in [2.45, 2.75) is 32.6 Å². The molecule has 2 aromatic rings. The first-order chi connectivity index (χ1) is 8.20. The molecule has 0 amide bonds. The van der Waals surface area contributed by atoms with Gasteiger partial charge in [-0.15, -0.1) is 0 Å². The summed E-state index contributed by atoms with van der Waals surface area (Å²) in [6, 6.07) is 5.84. The standard InChI is InChI=1S/C14H16FNO/c1-2-3-4-5-11-9-14(17)12-7-6-10(15)8-13(12)16-11/h6-9H,2-5H2,1H3,(H,16,17). The van der Waals surface area contributed by atoms with Gasteiger partial charge in [0.15, 0.2) is 5.43 Å². The van der Waals surface area contributed by atoms with Crippen LogP contribution in [-0.4, -0.2) is 4.98 Å². The van der Waals surface area contributed by atoms with E-state index in [-0.39, 0.29) is 11.2 Å². The maximum atomic E-state index is 13.1. The third kappa shape index (κ3) is 2.73. The average Bonchev–Trinajstić information content (AvgIpc) is 2.28. The molecule has 0 radical (unpaired) electrons. The lowest BCUT2D eigenvalue weighted by Gasteiger charge is -2.04. The van der Waals surface area contributed by atoms with Crippen molar-refractivity contribution in [1.29, 1.82) is 0 Å². The maximum Gasteiger partial charge on any atom is 0.189 e. The number of aromatic amines is 1. The van der Waals surface area contributed by atoms with Crippen molar-refractivity contribution in [3.63, 3.8) is 0 Å². The first kappa shape index (κ1) is 11.8. The molecule has 0 aliphatic carbocycles. The van der Waals surface area contributed by atoms with Gasteiger partial charge in [0.25, 0.3) is 0 Å². The molecule has 0 aliphatic rings. The lowest BCUT2D eigenvalue weighted by molar-refractivity contribution is 0.629. The van der Waals surface area contributed by atoms with E-state index in [9.17, 15) is 9.18 Å². The van der Waals surface area contributed by atoms with Crippen molar-refractivity contribution >= 4 is 10.9 Å². The van der Waals surface area contributed by atoms with Crippen LogP contribution in [0.15, 0.2) is 29.1 Å². The van der Waals surface area contributed by atoms with E-state index < -0.39 is 0 Å². The first-order valence-corrected chi connectivity index (χ1v) is 6.02. The van der Waals surface area contributed by atoms with Crippen molar-refractivity contribution in [3.05, 3.63) is 46.0 Å². The second-order valence-electron chi connectivity index (χ2n) is 4.31. The largest absolute Gasteiger partial charge is 0.358 e. The van der Waals surface area contributed by atoms with Crippen LogP contribution in [0.1, 0.15) is 31.9 Å². The molecule has 90 valence electrons. The summed E-state index contributed by atoms with van der Waals surface area (Å²) >= 11 is 0. The van der Waals surface area contributed by atoms with E-state index in [1.165, 1.54) is 18.2 Å². The second kappa shape index (κ2) is 5.13. The monoisotopic (exact) mass is 233 g/mol. The summed E-state index contributed by atoms with van der Waals surface area (Å²) in [6.45, 7) is 2.14. The van der Waals surface area contributed by atoms with Crippen molar-refractivity contribution in [1.82, 2.24) is 4.98 Å². The number of pyridine rings is 1. The van der Waals surface area contributed by atoms with Gasteiger partial charge in [-0.3, -0.25) is 4.79 Å². The molecule has 0 spiro atoms. The van der Waals surface area contributed by atoms with Gasteiger partial charge in [0.1, 0.15) is 5.82 Å². The van der Waals surface area contributed by atoms with Crippen LogP contribution in [-0.2, 0) is 6.42 Å². The fraction of sp³-hybridized carbons (Fsp3) is 0.357. The van der Waals surface area contributed by atoms with E-state index in [2.05, 4.69) is 11.9 Å². The topological polar surface area (TPSA) is 32.9 Å². The summed E-state index contributed by atoms with van der Waals surface area (Å²) in [5.41, 5.74) is 1.44. The van der Waals surface area contributed by atoms with Gasteiger partial charge in [0.05, 0.1) is 5.52 Å². The molecular formula is C14H16FNO. The van der Waals surface area contributed by atoms with Gasteiger partial charge in [-0.2, -0.15) is 0 Å².